The van der Waals surface area contributed by atoms with Crippen LogP contribution in [0.25, 0.3) is 5.82 Å². The molecule has 1 saturated carbocycles. The summed E-state index contributed by atoms with van der Waals surface area (Å²) in [7, 11) is 0. The van der Waals surface area contributed by atoms with Gasteiger partial charge in [0.1, 0.15) is 5.82 Å². The number of nitrogens with two attached hydrogens (primary N) is 1. The summed E-state index contributed by atoms with van der Waals surface area (Å²) in [4.78, 5) is 16.9. The van der Waals surface area contributed by atoms with Gasteiger partial charge in [-0.3, -0.25) is 4.79 Å². The Morgan fingerprint density at radius 2 is 2.23 bits per heavy atom. The van der Waals surface area contributed by atoms with Crippen LogP contribution in [0.5, 0.6) is 0 Å². The quantitative estimate of drug-likeness (QED) is 0.886. The van der Waals surface area contributed by atoms with Crippen molar-refractivity contribution in [3.05, 3.63) is 47.4 Å². The standard InChI is InChI=1S/C17H22N4O/c1-11-9-14(17(22)20-15(10-18)13-6-7-13)12(2)21(11)16-5-3-4-8-19-16/h3-5,8-9,13,15H,6-7,10,18H2,1-2H3,(H,20,22). The van der Waals surface area contributed by atoms with E-state index in [1.807, 2.05) is 42.7 Å². The summed E-state index contributed by atoms with van der Waals surface area (Å²) < 4.78 is 2.00. The lowest BCUT2D eigenvalue weighted by Gasteiger charge is -2.16. The molecule has 0 spiro atoms. The van der Waals surface area contributed by atoms with E-state index < -0.39 is 0 Å². The van der Waals surface area contributed by atoms with Crippen molar-refractivity contribution in [3.8, 4) is 5.82 Å². The molecule has 1 amide bonds. The van der Waals surface area contributed by atoms with E-state index in [1.54, 1.807) is 6.20 Å². The molecule has 0 bridgehead atoms. The molecule has 22 heavy (non-hydrogen) atoms. The lowest BCUT2D eigenvalue weighted by atomic mass is 10.1. The first-order chi connectivity index (χ1) is 10.6. The summed E-state index contributed by atoms with van der Waals surface area (Å²) in [6.07, 6.45) is 4.08. The number of hydrogen-bond acceptors (Lipinski definition) is 3. The van der Waals surface area contributed by atoms with E-state index in [9.17, 15) is 4.79 Å². The normalized spacial score (nSPS) is 15.6. The Hall–Kier alpha value is -2.14. The van der Waals surface area contributed by atoms with Crippen molar-refractivity contribution in [2.45, 2.75) is 32.7 Å². The van der Waals surface area contributed by atoms with Crippen molar-refractivity contribution in [3.63, 3.8) is 0 Å². The molecular weight excluding hydrogens is 276 g/mol. The van der Waals surface area contributed by atoms with Crippen LogP contribution in [0.4, 0.5) is 0 Å². The third-order valence-electron chi connectivity index (χ3n) is 4.32. The van der Waals surface area contributed by atoms with Crippen molar-refractivity contribution in [2.24, 2.45) is 11.7 Å². The number of amides is 1. The lowest BCUT2D eigenvalue weighted by Crippen LogP contribution is -2.41. The van der Waals surface area contributed by atoms with Crippen LogP contribution in [0.3, 0.4) is 0 Å². The Bertz CT molecular complexity index is 673. The van der Waals surface area contributed by atoms with Crippen LogP contribution in [0.1, 0.15) is 34.6 Å². The molecule has 3 N–H and O–H groups in total. The molecule has 5 nitrogen and oxygen atoms in total. The maximum Gasteiger partial charge on any atom is 0.253 e. The molecule has 0 radical (unpaired) electrons. The Morgan fingerprint density at radius 3 is 2.82 bits per heavy atom. The van der Waals surface area contributed by atoms with E-state index in [4.69, 9.17) is 5.73 Å². The molecule has 1 aliphatic rings. The highest BCUT2D eigenvalue weighted by atomic mass is 16.1. The van der Waals surface area contributed by atoms with Crippen molar-refractivity contribution >= 4 is 5.91 Å². The van der Waals surface area contributed by atoms with Crippen LogP contribution >= 0.6 is 0 Å². The predicted octanol–water partition coefficient (Wildman–Crippen LogP) is 1.96. The zero-order valence-electron chi connectivity index (χ0n) is 13.0. The first-order valence-electron chi connectivity index (χ1n) is 7.73. The summed E-state index contributed by atoms with van der Waals surface area (Å²) in [5.41, 5.74) is 8.37. The summed E-state index contributed by atoms with van der Waals surface area (Å²) in [5.74, 6) is 1.33. The van der Waals surface area contributed by atoms with Gasteiger partial charge in [0.05, 0.1) is 5.56 Å². The Labute approximate surface area is 130 Å². The summed E-state index contributed by atoms with van der Waals surface area (Å²) in [5, 5.41) is 3.08. The predicted molar refractivity (Wildman–Crippen MR) is 86.1 cm³/mol. The van der Waals surface area contributed by atoms with Crippen molar-refractivity contribution in [2.75, 3.05) is 6.54 Å². The van der Waals surface area contributed by atoms with E-state index >= 15 is 0 Å². The highest BCUT2D eigenvalue weighted by Crippen LogP contribution is 2.32. The SMILES string of the molecule is Cc1cc(C(=O)NC(CN)C2CC2)c(C)n1-c1ccccn1. The van der Waals surface area contributed by atoms with E-state index in [-0.39, 0.29) is 11.9 Å². The lowest BCUT2D eigenvalue weighted by molar-refractivity contribution is 0.0933. The summed E-state index contributed by atoms with van der Waals surface area (Å²) in [6, 6.07) is 7.77. The fourth-order valence-corrected chi connectivity index (χ4v) is 2.95. The number of carbonyl (C=O) groups is 1. The van der Waals surface area contributed by atoms with Crippen LogP contribution in [-0.2, 0) is 0 Å². The van der Waals surface area contributed by atoms with Gasteiger partial charge < -0.3 is 15.6 Å². The van der Waals surface area contributed by atoms with Gasteiger partial charge in [-0.25, -0.2) is 4.98 Å². The second-order valence-electron chi connectivity index (χ2n) is 5.96. The number of pyridine rings is 1. The number of hydrogen-bond donors (Lipinski definition) is 2. The average Bonchev–Trinajstić information content (AvgIpc) is 3.31. The summed E-state index contributed by atoms with van der Waals surface area (Å²) in [6.45, 7) is 4.43. The van der Waals surface area contributed by atoms with Crippen LogP contribution < -0.4 is 11.1 Å². The number of rotatable bonds is 5. The molecule has 5 heteroatoms. The molecule has 3 rings (SSSR count). The van der Waals surface area contributed by atoms with Crippen LogP contribution in [0.15, 0.2) is 30.5 Å². The third kappa shape index (κ3) is 2.76. The van der Waals surface area contributed by atoms with Gasteiger partial charge in [-0.1, -0.05) is 6.07 Å². The minimum Gasteiger partial charge on any atom is -0.348 e. The molecule has 2 aromatic rings. The van der Waals surface area contributed by atoms with Crippen LogP contribution in [-0.4, -0.2) is 28.0 Å². The van der Waals surface area contributed by atoms with Gasteiger partial charge in [-0.05, 0) is 50.8 Å². The molecular formula is C17H22N4O. The Balaban J connectivity index is 1.87. The maximum atomic E-state index is 12.6. The van der Waals surface area contributed by atoms with Gasteiger partial charge in [0.25, 0.3) is 5.91 Å². The number of aryl methyl sites for hydroxylation is 1. The van der Waals surface area contributed by atoms with Crippen molar-refractivity contribution in [1.82, 2.24) is 14.9 Å². The number of nitrogens with zero attached hydrogens (tertiary/aromatic N) is 2. The van der Waals surface area contributed by atoms with Gasteiger partial charge in [0, 0.05) is 30.2 Å². The van der Waals surface area contributed by atoms with Gasteiger partial charge in [0.2, 0.25) is 0 Å². The van der Waals surface area contributed by atoms with E-state index in [0.29, 0.717) is 18.0 Å². The van der Waals surface area contributed by atoms with Crippen molar-refractivity contribution < 1.29 is 4.79 Å². The number of carbonyl (C=O) groups excluding carboxylic acids is 1. The summed E-state index contributed by atoms with van der Waals surface area (Å²) >= 11 is 0. The monoisotopic (exact) mass is 298 g/mol. The van der Waals surface area contributed by atoms with Gasteiger partial charge in [0.15, 0.2) is 0 Å². The molecule has 2 aromatic heterocycles. The molecule has 1 fully saturated rings. The van der Waals surface area contributed by atoms with Gasteiger partial charge in [-0.2, -0.15) is 0 Å². The average molecular weight is 298 g/mol. The first kappa shape index (κ1) is 14.8. The number of aromatic nitrogens is 2. The molecule has 0 aliphatic heterocycles. The van der Waals surface area contributed by atoms with Gasteiger partial charge >= 0.3 is 0 Å². The Kier molecular flexibility index (Phi) is 3.98. The minimum atomic E-state index is -0.0439. The minimum absolute atomic E-state index is 0.0439. The molecule has 1 unspecified atom stereocenters. The second kappa shape index (κ2) is 5.93. The topological polar surface area (TPSA) is 72.9 Å². The zero-order chi connectivity index (χ0) is 15.7. The maximum absolute atomic E-state index is 12.6. The van der Waals surface area contributed by atoms with Crippen LogP contribution in [0.2, 0.25) is 0 Å². The van der Waals surface area contributed by atoms with Gasteiger partial charge in [-0.15, -0.1) is 0 Å². The zero-order valence-corrected chi connectivity index (χ0v) is 13.0. The molecule has 1 aliphatic carbocycles. The molecule has 0 aromatic carbocycles. The van der Waals surface area contributed by atoms with Crippen molar-refractivity contribution in [1.29, 1.82) is 0 Å². The van der Waals surface area contributed by atoms with E-state index in [1.165, 1.54) is 0 Å². The highest BCUT2D eigenvalue weighted by molar-refractivity contribution is 5.96. The highest BCUT2D eigenvalue weighted by Gasteiger charge is 2.32. The molecule has 2 heterocycles. The van der Waals surface area contributed by atoms with E-state index in [2.05, 4.69) is 10.3 Å². The fourth-order valence-electron chi connectivity index (χ4n) is 2.95. The molecule has 0 saturated heterocycles. The first-order valence-corrected chi connectivity index (χ1v) is 7.73. The largest absolute Gasteiger partial charge is 0.348 e. The third-order valence-corrected chi connectivity index (χ3v) is 4.32. The molecule has 116 valence electrons. The molecule has 1 atom stereocenters. The van der Waals surface area contributed by atoms with Crippen LogP contribution in [0, 0.1) is 19.8 Å². The fraction of sp³-hybridized carbons (Fsp3) is 0.412. The second-order valence-corrected chi connectivity index (χ2v) is 5.96. The smallest absolute Gasteiger partial charge is 0.253 e. The van der Waals surface area contributed by atoms with E-state index in [0.717, 1.165) is 30.0 Å². The number of nitrogens with one attached hydrogen (secondary N) is 1. The Morgan fingerprint density at radius 1 is 1.45 bits per heavy atom.